The lowest BCUT2D eigenvalue weighted by Crippen LogP contribution is -2.36. The van der Waals surface area contributed by atoms with Crippen molar-refractivity contribution in [1.82, 2.24) is 15.6 Å². The van der Waals surface area contributed by atoms with Crippen LogP contribution in [0.1, 0.15) is 32.4 Å². The maximum atomic E-state index is 11.9. The Morgan fingerprint density at radius 1 is 1.35 bits per heavy atom. The van der Waals surface area contributed by atoms with Gasteiger partial charge in [0.2, 0.25) is 5.91 Å². The van der Waals surface area contributed by atoms with E-state index in [1.54, 1.807) is 12.4 Å². The summed E-state index contributed by atoms with van der Waals surface area (Å²) in [5.74, 6) is 0.0644. The number of carbonyl (C=O) groups excluding carboxylic acids is 1. The van der Waals surface area contributed by atoms with Crippen LogP contribution in [-0.2, 0) is 4.79 Å². The molecule has 17 heavy (non-hydrogen) atoms. The number of hydrogen-bond acceptors (Lipinski definition) is 3. The highest BCUT2D eigenvalue weighted by Crippen LogP contribution is 2.10. The van der Waals surface area contributed by atoms with Gasteiger partial charge in [0.15, 0.2) is 0 Å². The molecule has 1 unspecified atom stereocenters. The molecule has 4 nitrogen and oxygen atoms in total. The van der Waals surface area contributed by atoms with Crippen molar-refractivity contribution in [2.45, 2.75) is 26.8 Å². The van der Waals surface area contributed by atoms with Crippen LogP contribution in [0, 0.1) is 5.92 Å². The lowest BCUT2D eigenvalue weighted by atomic mass is 10.1. The van der Waals surface area contributed by atoms with Crippen LogP contribution in [0.25, 0.3) is 0 Å². The monoisotopic (exact) mass is 235 g/mol. The molecule has 4 heteroatoms. The molecule has 0 spiro atoms. The summed E-state index contributed by atoms with van der Waals surface area (Å²) in [7, 11) is 0. The molecule has 1 amide bonds. The number of carbonyl (C=O) groups is 1. The fourth-order valence-electron chi connectivity index (χ4n) is 1.54. The van der Waals surface area contributed by atoms with E-state index in [1.165, 1.54) is 0 Å². The van der Waals surface area contributed by atoms with Crippen molar-refractivity contribution in [1.29, 1.82) is 0 Å². The van der Waals surface area contributed by atoms with Gasteiger partial charge in [0.1, 0.15) is 0 Å². The minimum absolute atomic E-state index is 0.0146. The number of rotatable bonds is 6. The summed E-state index contributed by atoms with van der Waals surface area (Å²) in [5.41, 5.74) is 1.07. The van der Waals surface area contributed by atoms with Gasteiger partial charge in [0, 0.05) is 24.9 Å². The average Bonchev–Trinajstić information content (AvgIpc) is 2.36. The van der Waals surface area contributed by atoms with Crippen LogP contribution in [0.5, 0.6) is 0 Å². The first kappa shape index (κ1) is 13.6. The van der Waals surface area contributed by atoms with E-state index in [9.17, 15) is 4.79 Å². The molecule has 1 aromatic heterocycles. The van der Waals surface area contributed by atoms with Gasteiger partial charge < -0.3 is 10.6 Å². The highest BCUT2D eigenvalue weighted by molar-refractivity contribution is 5.78. The van der Waals surface area contributed by atoms with Crippen molar-refractivity contribution in [3.63, 3.8) is 0 Å². The number of aromatic nitrogens is 1. The maximum Gasteiger partial charge on any atom is 0.224 e. The zero-order chi connectivity index (χ0) is 12.7. The van der Waals surface area contributed by atoms with E-state index in [2.05, 4.69) is 15.6 Å². The van der Waals surface area contributed by atoms with Crippen molar-refractivity contribution in [2.75, 3.05) is 13.1 Å². The largest absolute Gasteiger partial charge is 0.349 e. The predicted molar refractivity (Wildman–Crippen MR) is 68.5 cm³/mol. The van der Waals surface area contributed by atoms with Gasteiger partial charge in [0.25, 0.3) is 0 Å². The normalized spacial score (nSPS) is 14.1. The zero-order valence-electron chi connectivity index (χ0n) is 10.7. The van der Waals surface area contributed by atoms with Crippen LogP contribution in [0.3, 0.4) is 0 Å². The minimum atomic E-state index is -0.0146. The summed E-state index contributed by atoms with van der Waals surface area (Å²) >= 11 is 0. The van der Waals surface area contributed by atoms with Crippen LogP contribution in [-0.4, -0.2) is 24.0 Å². The Kier molecular flexibility index (Phi) is 5.63. The molecule has 1 heterocycles. The zero-order valence-corrected chi connectivity index (χ0v) is 10.7. The highest BCUT2D eigenvalue weighted by atomic mass is 16.1. The van der Waals surface area contributed by atoms with Crippen molar-refractivity contribution in [3.05, 3.63) is 30.1 Å². The summed E-state index contributed by atoms with van der Waals surface area (Å²) in [6.07, 6.45) is 3.47. The summed E-state index contributed by atoms with van der Waals surface area (Å²) in [5, 5.41) is 6.17. The number of amides is 1. The summed E-state index contributed by atoms with van der Waals surface area (Å²) in [6.45, 7) is 7.54. The second kappa shape index (κ2) is 7.01. The Morgan fingerprint density at radius 3 is 2.59 bits per heavy atom. The van der Waals surface area contributed by atoms with Crippen molar-refractivity contribution in [2.24, 2.45) is 5.92 Å². The summed E-state index contributed by atoms with van der Waals surface area (Å²) < 4.78 is 0. The standard InChI is InChI=1S/C13H21N3O/c1-4-14-9-10(2)13(17)16-11(3)12-5-7-15-8-6-12/h5-8,10-11,14H,4,9H2,1-3H3,(H,16,17)/t10?,11-/m1/s1. The van der Waals surface area contributed by atoms with E-state index in [0.29, 0.717) is 6.54 Å². The molecule has 2 N–H and O–H groups in total. The van der Waals surface area contributed by atoms with Gasteiger partial charge in [-0.2, -0.15) is 0 Å². The molecule has 1 rings (SSSR count). The molecule has 0 bridgehead atoms. The van der Waals surface area contributed by atoms with Crippen molar-refractivity contribution < 1.29 is 4.79 Å². The Balaban J connectivity index is 2.46. The Morgan fingerprint density at radius 2 is 2.00 bits per heavy atom. The number of nitrogens with one attached hydrogen (secondary N) is 2. The van der Waals surface area contributed by atoms with Crippen LogP contribution < -0.4 is 10.6 Å². The van der Waals surface area contributed by atoms with Crippen LogP contribution in [0.15, 0.2) is 24.5 Å². The third-order valence-electron chi connectivity index (χ3n) is 2.71. The lowest BCUT2D eigenvalue weighted by molar-refractivity contribution is -0.125. The molecule has 0 aromatic carbocycles. The quantitative estimate of drug-likeness (QED) is 0.785. The summed E-state index contributed by atoms with van der Waals surface area (Å²) in [4.78, 5) is 15.8. The minimum Gasteiger partial charge on any atom is -0.349 e. The molecular formula is C13H21N3O. The fourth-order valence-corrected chi connectivity index (χ4v) is 1.54. The topological polar surface area (TPSA) is 54.0 Å². The van der Waals surface area contributed by atoms with E-state index in [1.807, 2.05) is 32.9 Å². The first-order valence-corrected chi connectivity index (χ1v) is 6.06. The number of pyridine rings is 1. The van der Waals surface area contributed by atoms with Gasteiger partial charge in [-0.1, -0.05) is 13.8 Å². The fraction of sp³-hybridized carbons (Fsp3) is 0.538. The molecule has 94 valence electrons. The first-order chi connectivity index (χ1) is 8.15. The molecule has 0 fully saturated rings. The molecule has 1 aromatic rings. The van der Waals surface area contributed by atoms with E-state index < -0.39 is 0 Å². The predicted octanol–water partition coefficient (Wildman–Crippen LogP) is 1.50. The van der Waals surface area contributed by atoms with Gasteiger partial charge in [-0.15, -0.1) is 0 Å². The second-order valence-corrected chi connectivity index (χ2v) is 4.22. The van der Waals surface area contributed by atoms with Gasteiger partial charge in [-0.25, -0.2) is 0 Å². The lowest BCUT2D eigenvalue weighted by Gasteiger charge is -2.17. The summed E-state index contributed by atoms with van der Waals surface area (Å²) in [6, 6.07) is 3.86. The number of hydrogen-bond donors (Lipinski definition) is 2. The Labute approximate surface area is 103 Å². The van der Waals surface area contributed by atoms with E-state index >= 15 is 0 Å². The SMILES string of the molecule is CCNCC(C)C(=O)N[C@H](C)c1ccncc1. The van der Waals surface area contributed by atoms with Gasteiger partial charge >= 0.3 is 0 Å². The maximum absolute atomic E-state index is 11.9. The molecule has 0 aliphatic rings. The van der Waals surface area contributed by atoms with E-state index in [4.69, 9.17) is 0 Å². The van der Waals surface area contributed by atoms with Gasteiger partial charge in [-0.3, -0.25) is 9.78 Å². The van der Waals surface area contributed by atoms with Crippen LogP contribution >= 0.6 is 0 Å². The van der Waals surface area contributed by atoms with E-state index in [-0.39, 0.29) is 17.9 Å². The van der Waals surface area contributed by atoms with Gasteiger partial charge in [0.05, 0.1) is 6.04 Å². The third-order valence-corrected chi connectivity index (χ3v) is 2.71. The van der Waals surface area contributed by atoms with E-state index in [0.717, 1.165) is 12.1 Å². The molecule has 0 aliphatic heterocycles. The first-order valence-electron chi connectivity index (χ1n) is 6.06. The third kappa shape index (κ3) is 4.53. The average molecular weight is 235 g/mol. The molecular weight excluding hydrogens is 214 g/mol. The van der Waals surface area contributed by atoms with Crippen molar-refractivity contribution >= 4 is 5.91 Å². The molecule has 0 aliphatic carbocycles. The van der Waals surface area contributed by atoms with Gasteiger partial charge in [-0.05, 0) is 31.2 Å². The number of nitrogens with zero attached hydrogens (tertiary/aromatic N) is 1. The Bertz CT molecular complexity index is 340. The highest BCUT2D eigenvalue weighted by Gasteiger charge is 2.15. The molecule has 0 saturated heterocycles. The molecule has 0 radical (unpaired) electrons. The smallest absolute Gasteiger partial charge is 0.224 e. The van der Waals surface area contributed by atoms with Crippen LogP contribution in [0.2, 0.25) is 0 Å². The van der Waals surface area contributed by atoms with Crippen LogP contribution in [0.4, 0.5) is 0 Å². The van der Waals surface area contributed by atoms with Crippen molar-refractivity contribution in [3.8, 4) is 0 Å². The Hall–Kier alpha value is -1.42. The second-order valence-electron chi connectivity index (χ2n) is 4.22. The molecule has 0 saturated carbocycles. The molecule has 2 atom stereocenters.